The highest BCUT2D eigenvalue weighted by Gasteiger charge is 2.41. The maximum Gasteiger partial charge on any atom is 0.265 e. The molecule has 2 heterocycles. The van der Waals surface area contributed by atoms with Crippen LogP contribution in [-0.4, -0.2) is 27.1 Å². The molecule has 3 aromatic rings. The molecule has 0 unspecified atom stereocenters. The first-order chi connectivity index (χ1) is 17.3. The number of allylic oxidation sites excluding steroid dienone is 1. The van der Waals surface area contributed by atoms with Crippen LogP contribution in [0.4, 0.5) is 0 Å². The molecule has 0 radical (unpaired) electrons. The van der Waals surface area contributed by atoms with E-state index in [4.69, 9.17) is 5.73 Å². The molecule has 0 saturated carbocycles. The van der Waals surface area contributed by atoms with E-state index in [9.17, 15) is 19.2 Å². The number of nitrogens with zero attached hydrogens (tertiary/aromatic N) is 2. The van der Waals surface area contributed by atoms with Gasteiger partial charge in [-0.15, -0.1) is 0 Å². The number of nitrogens with two attached hydrogens (primary N) is 1. The Kier molecular flexibility index (Phi) is 6.02. The normalized spacial score (nSPS) is 15.6. The van der Waals surface area contributed by atoms with Gasteiger partial charge in [0.15, 0.2) is 5.78 Å². The van der Waals surface area contributed by atoms with Crippen LogP contribution < -0.4 is 11.3 Å². The molecule has 1 aliphatic carbocycles. The Hall–Kier alpha value is -4.10. The largest absolute Gasteiger partial charge is 0.325 e. The molecule has 2 amide bonds. The lowest BCUT2D eigenvalue weighted by Gasteiger charge is -2.21. The van der Waals surface area contributed by atoms with E-state index >= 15 is 0 Å². The van der Waals surface area contributed by atoms with E-state index < -0.39 is 11.8 Å². The summed E-state index contributed by atoms with van der Waals surface area (Å²) in [5.74, 6) is -1.13. The molecule has 5 rings (SSSR count). The SMILES string of the molecule is CC(C)Cn1c(CN)c(-c2ccccc2)c2cc(CN3C(=O)C4=C(C(=O)CC=C4)C3=O)ccc2c1=O. The Balaban J connectivity index is 1.65. The van der Waals surface area contributed by atoms with Crippen molar-refractivity contribution in [3.8, 4) is 11.1 Å². The number of imide groups is 1. The van der Waals surface area contributed by atoms with Crippen LogP contribution in [0.25, 0.3) is 21.9 Å². The van der Waals surface area contributed by atoms with Crippen molar-refractivity contribution in [3.63, 3.8) is 0 Å². The van der Waals surface area contributed by atoms with Crippen molar-refractivity contribution in [1.82, 2.24) is 9.47 Å². The number of hydrogen-bond acceptors (Lipinski definition) is 5. The minimum Gasteiger partial charge on any atom is -0.325 e. The summed E-state index contributed by atoms with van der Waals surface area (Å²) in [4.78, 5) is 52.8. The molecule has 2 N–H and O–H groups in total. The van der Waals surface area contributed by atoms with Crippen molar-refractivity contribution >= 4 is 28.4 Å². The minimum atomic E-state index is -0.567. The molecule has 1 aliphatic heterocycles. The van der Waals surface area contributed by atoms with Gasteiger partial charge in [0.2, 0.25) is 0 Å². The monoisotopic (exact) mass is 481 g/mol. The Labute approximate surface area is 208 Å². The Morgan fingerprint density at radius 1 is 0.944 bits per heavy atom. The lowest BCUT2D eigenvalue weighted by atomic mass is 9.95. The van der Waals surface area contributed by atoms with Crippen molar-refractivity contribution in [1.29, 1.82) is 0 Å². The average molecular weight is 482 g/mol. The van der Waals surface area contributed by atoms with E-state index in [-0.39, 0.29) is 47.9 Å². The fraction of sp³-hybridized carbons (Fsp3) is 0.241. The van der Waals surface area contributed by atoms with Gasteiger partial charge in [0.25, 0.3) is 17.4 Å². The fourth-order valence-electron chi connectivity index (χ4n) is 5.07. The molecule has 36 heavy (non-hydrogen) atoms. The number of rotatable bonds is 6. The topological polar surface area (TPSA) is 102 Å². The Morgan fingerprint density at radius 3 is 2.36 bits per heavy atom. The van der Waals surface area contributed by atoms with Crippen LogP contribution in [0.2, 0.25) is 0 Å². The number of fused-ring (bicyclic) bond motifs is 1. The predicted molar refractivity (Wildman–Crippen MR) is 138 cm³/mol. The molecular weight excluding hydrogens is 454 g/mol. The maximum absolute atomic E-state index is 13.5. The molecule has 1 aromatic heterocycles. The van der Waals surface area contributed by atoms with Gasteiger partial charge in [-0.25, -0.2) is 0 Å². The van der Waals surface area contributed by atoms with Crippen LogP contribution in [0.5, 0.6) is 0 Å². The quantitative estimate of drug-likeness (QED) is 0.429. The van der Waals surface area contributed by atoms with Crippen molar-refractivity contribution < 1.29 is 14.4 Å². The van der Waals surface area contributed by atoms with E-state index in [0.29, 0.717) is 17.5 Å². The molecule has 7 heteroatoms. The first kappa shape index (κ1) is 23.6. The highest BCUT2D eigenvalue weighted by molar-refractivity contribution is 6.33. The summed E-state index contributed by atoms with van der Waals surface area (Å²) in [6.45, 7) is 4.84. The number of amides is 2. The molecule has 0 bridgehead atoms. The number of hydrogen-bond donors (Lipinski definition) is 1. The van der Waals surface area contributed by atoms with Crippen LogP contribution in [0.1, 0.15) is 31.5 Å². The molecule has 0 atom stereocenters. The molecule has 2 aromatic carbocycles. The summed E-state index contributed by atoms with van der Waals surface area (Å²) in [7, 11) is 0. The number of ketones is 1. The van der Waals surface area contributed by atoms with E-state index in [1.54, 1.807) is 28.9 Å². The fourth-order valence-corrected chi connectivity index (χ4v) is 5.07. The zero-order valence-corrected chi connectivity index (χ0v) is 20.3. The zero-order chi connectivity index (χ0) is 25.6. The molecule has 2 aliphatic rings. The third kappa shape index (κ3) is 3.82. The second-order valence-electron chi connectivity index (χ2n) is 9.60. The Bertz CT molecular complexity index is 1540. The first-order valence-corrected chi connectivity index (χ1v) is 12.1. The predicted octanol–water partition coefficient (Wildman–Crippen LogP) is 3.48. The smallest absolute Gasteiger partial charge is 0.265 e. The summed E-state index contributed by atoms with van der Waals surface area (Å²) in [6, 6.07) is 15.1. The summed E-state index contributed by atoms with van der Waals surface area (Å²) >= 11 is 0. The van der Waals surface area contributed by atoms with Gasteiger partial charge < -0.3 is 10.3 Å². The summed E-state index contributed by atoms with van der Waals surface area (Å²) in [6.07, 6.45) is 3.27. The second-order valence-corrected chi connectivity index (χ2v) is 9.60. The molecule has 0 saturated heterocycles. The van der Waals surface area contributed by atoms with Gasteiger partial charge in [0, 0.05) is 36.2 Å². The van der Waals surface area contributed by atoms with Crippen LogP contribution in [-0.2, 0) is 34.0 Å². The number of aromatic nitrogens is 1. The molecule has 0 spiro atoms. The van der Waals surface area contributed by atoms with Crippen LogP contribution in [0.15, 0.2) is 76.6 Å². The number of pyridine rings is 1. The van der Waals surface area contributed by atoms with Crippen molar-refractivity contribution in [2.24, 2.45) is 11.7 Å². The molecular formula is C29H27N3O4. The Morgan fingerprint density at radius 2 is 1.69 bits per heavy atom. The number of carbonyl (C=O) groups excluding carboxylic acids is 3. The van der Waals surface area contributed by atoms with E-state index in [1.807, 2.05) is 36.4 Å². The lowest BCUT2D eigenvalue weighted by molar-refractivity contribution is -0.138. The van der Waals surface area contributed by atoms with E-state index in [0.717, 1.165) is 27.1 Å². The van der Waals surface area contributed by atoms with Crippen molar-refractivity contribution in [2.45, 2.75) is 39.9 Å². The highest BCUT2D eigenvalue weighted by Crippen LogP contribution is 2.33. The summed E-state index contributed by atoms with van der Waals surface area (Å²) in [5.41, 5.74) is 9.43. The van der Waals surface area contributed by atoms with Gasteiger partial charge >= 0.3 is 0 Å². The van der Waals surface area contributed by atoms with Crippen LogP contribution in [0.3, 0.4) is 0 Å². The number of carbonyl (C=O) groups is 3. The molecule has 7 nitrogen and oxygen atoms in total. The molecule has 0 fully saturated rings. The standard InChI is InChI=1S/C29H27N3O4/c1-17(2)15-31-23(14-30)25(19-7-4-3-5-8-19)22-13-18(11-12-20(22)27(31)34)16-32-28(35)21-9-6-10-24(33)26(21)29(32)36/h3-9,11-13,17H,10,14-16,30H2,1-2H3. The van der Waals surface area contributed by atoms with Gasteiger partial charge in [-0.3, -0.25) is 24.1 Å². The lowest BCUT2D eigenvalue weighted by Crippen LogP contribution is -2.32. The summed E-state index contributed by atoms with van der Waals surface area (Å²) < 4.78 is 1.76. The first-order valence-electron chi connectivity index (χ1n) is 12.1. The maximum atomic E-state index is 13.5. The molecule has 182 valence electrons. The van der Waals surface area contributed by atoms with Crippen LogP contribution >= 0.6 is 0 Å². The van der Waals surface area contributed by atoms with Gasteiger partial charge in [-0.2, -0.15) is 0 Å². The van der Waals surface area contributed by atoms with Gasteiger partial charge in [-0.05, 0) is 34.6 Å². The third-order valence-electron chi connectivity index (χ3n) is 6.66. The van der Waals surface area contributed by atoms with Crippen molar-refractivity contribution in [3.05, 3.63) is 93.4 Å². The van der Waals surface area contributed by atoms with Crippen LogP contribution in [0, 0.1) is 5.92 Å². The second kappa shape index (κ2) is 9.17. The highest BCUT2D eigenvalue weighted by atomic mass is 16.2. The number of benzene rings is 2. The third-order valence-corrected chi connectivity index (χ3v) is 6.66. The minimum absolute atomic E-state index is 0.00297. The average Bonchev–Trinajstić information content (AvgIpc) is 3.11. The number of Topliss-reactive ketones (excluding diaryl/α,β-unsaturated/α-hetero) is 1. The van der Waals surface area contributed by atoms with E-state index in [1.165, 1.54) is 0 Å². The van der Waals surface area contributed by atoms with Gasteiger partial charge in [0.1, 0.15) is 0 Å². The summed E-state index contributed by atoms with van der Waals surface area (Å²) in [5, 5.41) is 1.27. The van der Waals surface area contributed by atoms with Crippen molar-refractivity contribution in [2.75, 3.05) is 0 Å². The van der Waals surface area contributed by atoms with Gasteiger partial charge in [0.05, 0.1) is 17.7 Å². The zero-order valence-electron chi connectivity index (χ0n) is 20.3. The van der Waals surface area contributed by atoms with Gasteiger partial charge in [-0.1, -0.05) is 62.4 Å². The van der Waals surface area contributed by atoms with E-state index in [2.05, 4.69) is 13.8 Å².